The summed E-state index contributed by atoms with van der Waals surface area (Å²) < 4.78 is 0. The summed E-state index contributed by atoms with van der Waals surface area (Å²) in [6.45, 7) is 3.61. The Balaban J connectivity index is 2.63. The zero-order chi connectivity index (χ0) is 8.10. The second kappa shape index (κ2) is 4.09. The van der Waals surface area contributed by atoms with Gasteiger partial charge in [0.2, 0.25) is 0 Å². The quantitative estimate of drug-likeness (QED) is 0.550. The number of hydrogen-bond donors (Lipinski definition) is 1. The highest BCUT2D eigenvalue weighted by Crippen LogP contribution is 2.21. The van der Waals surface area contributed by atoms with Gasteiger partial charge in [-0.3, -0.25) is 0 Å². The van der Waals surface area contributed by atoms with E-state index in [1.54, 1.807) is 23.9 Å². The van der Waals surface area contributed by atoms with Gasteiger partial charge < -0.3 is 5.11 Å². The fourth-order valence-corrected chi connectivity index (χ4v) is 1.42. The molecule has 0 bridgehead atoms. The van der Waals surface area contributed by atoms with E-state index in [0.29, 0.717) is 5.75 Å². The summed E-state index contributed by atoms with van der Waals surface area (Å²) in [4.78, 5) is 1.07. The first-order valence-electron chi connectivity index (χ1n) is 3.35. The van der Waals surface area contributed by atoms with Crippen LogP contribution in [-0.4, -0.2) is 10.9 Å². The lowest BCUT2D eigenvalue weighted by Gasteiger charge is -1.97. The fraction of sp³-hybridized carbons (Fsp3) is 0.111. The molecule has 0 amide bonds. The molecule has 58 valence electrons. The number of phenolic OH excluding ortho intramolecular Hbond substituents is 1. The third-order valence-electron chi connectivity index (χ3n) is 1.19. The Morgan fingerprint density at radius 2 is 2.36 bits per heavy atom. The van der Waals surface area contributed by atoms with E-state index in [1.807, 2.05) is 18.2 Å². The summed E-state index contributed by atoms with van der Waals surface area (Å²) in [6, 6.07) is 7.21. The van der Waals surface area contributed by atoms with Crippen molar-refractivity contribution in [3.8, 4) is 5.75 Å². The average molecular weight is 166 g/mol. The summed E-state index contributed by atoms with van der Waals surface area (Å²) in [5.74, 6) is 1.20. The Labute approximate surface area is 70.8 Å². The SMILES string of the molecule is C=CCSc1cccc(O)c1. The third-order valence-corrected chi connectivity index (χ3v) is 2.18. The molecule has 0 unspecified atom stereocenters. The Morgan fingerprint density at radius 1 is 1.55 bits per heavy atom. The van der Waals surface area contributed by atoms with Crippen molar-refractivity contribution in [2.24, 2.45) is 0 Å². The molecule has 0 aromatic heterocycles. The molecule has 1 N–H and O–H groups in total. The van der Waals surface area contributed by atoms with Gasteiger partial charge in [0.25, 0.3) is 0 Å². The maximum atomic E-state index is 9.07. The van der Waals surface area contributed by atoms with Crippen molar-refractivity contribution < 1.29 is 5.11 Å². The lowest BCUT2D eigenvalue weighted by molar-refractivity contribution is 0.474. The lowest BCUT2D eigenvalue weighted by atomic mass is 10.3. The molecule has 0 aliphatic rings. The van der Waals surface area contributed by atoms with Crippen molar-refractivity contribution in [1.29, 1.82) is 0 Å². The number of rotatable bonds is 3. The first kappa shape index (κ1) is 8.21. The van der Waals surface area contributed by atoms with Crippen molar-refractivity contribution in [3.05, 3.63) is 36.9 Å². The number of hydrogen-bond acceptors (Lipinski definition) is 2. The predicted octanol–water partition coefficient (Wildman–Crippen LogP) is 2.67. The fourth-order valence-electron chi connectivity index (χ4n) is 0.728. The first-order chi connectivity index (χ1) is 5.33. The van der Waals surface area contributed by atoms with Gasteiger partial charge in [0.15, 0.2) is 0 Å². The second-order valence-electron chi connectivity index (χ2n) is 2.10. The maximum absolute atomic E-state index is 9.07. The lowest BCUT2D eigenvalue weighted by Crippen LogP contribution is -1.72. The minimum Gasteiger partial charge on any atom is -0.508 e. The largest absolute Gasteiger partial charge is 0.508 e. The zero-order valence-electron chi connectivity index (χ0n) is 6.16. The van der Waals surface area contributed by atoms with Gasteiger partial charge in [0, 0.05) is 10.6 Å². The molecule has 0 atom stereocenters. The molecule has 0 spiro atoms. The molecule has 1 nitrogen and oxygen atoms in total. The Morgan fingerprint density at radius 3 is 3.00 bits per heavy atom. The van der Waals surface area contributed by atoms with Crippen LogP contribution in [0.2, 0.25) is 0 Å². The number of aromatic hydroxyl groups is 1. The molecule has 0 saturated heterocycles. The molecule has 0 radical (unpaired) electrons. The summed E-state index contributed by atoms with van der Waals surface area (Å²) in [5, 5.41) is 9.07. The van der Waals surface area contributed by atoms with E-state index in [1.165, 1.54) is 0 Å². The van der Waals surface area contributed by atoms with Crippen LogP contribution in [0, 0.1) is 0 Å². The number of benzene rings is 1. The Hall–Kier alpha value is -0.890. The normalized spacial score (nSPS) is 9.45. The highest BCUT2D eigenvalue weighted by molar-refractivity contribution is 7.99. The van der Waals surface area contributed by atoms with Gasteiger partial charge in [0.05, 0.1) is 0 Å². The van der Waals surface area contributed by atoms with Crippen molar-refractivity contribution in [1.82, 2.24) is 0 Å². The molecule has 0 saturated carbocycles. The summed E-state index contributed by atoms with van der Waals surface area (Å²) in [7, 11) is 0. The van der Waals surface area contributed by atoms with E-state index in [-0.39, 0.29) is 0 Å². The van der Waals surface area contributed by atoms with Crippen LogP contribution in [-0.2, 0) is 0 Å². The van der Waals surface area contributed by atoms with Crippen LogP contribution in [0.5, 0.6) is 5.75 Å². The molecule has 1 rings (SSSR count). The molecular formula is C9H10OS. The van der Waals surface area contributed by atoms with Gasteiger partial charge in [-0.2, -0.15) is 0 Å². The van der Waals surface area contributed by atoms with Crippen LogP contribution >= 0.6 is 11.8 Å². The second-order valence-corrected chi connectivity index (χ2v) is 3.19. The highest BCUT2D eigenvalue weighted by atomic mass is 32.2. The Bertz CT molecular complexity index is 245. The van der Waals surface area contributed by atoms with Gasteiger partial charge in [-0.25, -0.2) is 0 Å². The standard InChI is InChI=1S/C9H10OS/c1-2-6-11-9-5-3-4-8(10)7-9/h2-5,7,10H,1,6H2. The molecular weight excluding hydrogens is 156 g/mol. The molecule has 11 heavy (non-hydrogen) atoms. The van der Waals surface area contributed by atoms with E-state index in [2.05, 4.69) is 6.58 Å². The highest BCUT2D eigenvalue weighted by Gasteiger charge is 1.91. The van der Waals surface area contributed by atoms with Crippen molar-refractivity contribution in [3.63, 3.8) is 0 Å². The zero-order valence-corrected chi connectivity index (χ0v) is 6.97. The van der Waals surface area contributed by atoms with Crippen LogP contribution in [0.15, 0.2) is 41.8 Å². The van der Waals surface area contributed by atoms with Gasteiger partial charge in [-0.05, 0) is 18.2 Å². The van der Waals surface area contributed by atoms with E-state index in [9.17, 15) is 0 Å². The van der Waals surface area contributed by atoms with Crippen molar-refractivity contribution in [2.75, 3.05) is 5.75 Å². The van der Waals surface area contributed by atoms with Gasteiger partial charge in [-0.15, -0.1) is 18.3 Å². The molecule has 1 aromatic rings. The monoisotopic (exact) mass is 166 g/mol. The van der Waals surface area contributed by atoms with Crippen LogP contribution in [0.1, 0.15) is 0 Å². The molecule has 0 heterocycles. The van der Waals surface area contributed by atoms with Crippen molar-refractivity contribution >= 4 is 11.8 Å². The first-order valence-corrected chi connectivity index (χ1v) is 4.34. The van der Waals surface area contributed by atoms with E-state index in [0.717, 1.165) is 10.6 Å². The third kappa shape index (κ3) is 2.68. The van der Waals surface area contributed by atoms with E-state index >= 15 is 0 Å². The molecule has 0 aliphatic heterocycles. The molecule has 2 heteroatoms. The van der Waals surface area contributed by atoms with Crippen LogP contribution in [0.25, 0.3) is 0 Å². The van der Waals surface area contributed by atoms with Gasteiger partial charge in [0.1, 0.15) is 5.75 Å². The Kier molecular flexibility index (Phi) is 3.05. The molecule has 1 aromatic carbocycles. The number of phenols is 1. The van der Waals surface area contributed by atoms with E-state index < -0.39 is 0 Å². The molecule has 0 aliphatic carbocycles. The summed E-state index contributed by atoms with van der Waals surface area (Å²) in [6.07, 6.45) is 1.84. The predicted molar refractivity (Wildman–Crippen MR) is 49.0 cm³/mol. The van der Waals surface area contributed by atoms with Crippen LogP contribution in [0.4, 0.5) is 0 Å². The number of thioether (sulfide) groups is 1. The average Bonchev–Trinajstić information content (AvgIpc) is 2.01. The minimum absolute atomic E-state index is 0.319. The summed E-state index contributed by atoms with van der Waals surface area (Å²) >= 11 is 1.66. The summed E-state index contributed by atoms with van der Waals surface area (Å²) in [5.41, 5.74) is 0. The topological polar surface area (TPSA) is 20.2 Å². The van der Waals surface area contributed by atoms with Crippen LogP contribution < -0.4 is 0 Å². The maximum Gasteiger partial charge on any atom is 0.116 e. The van der Waals surface area contributed by atoms with Gasteiger partial charge >= 0.3 is 0 Å². The smallest absolute Gasteiger partial charge is 0.116 e. The minimum atomic E-state index is 0.319. The van der Waals surface area contributed by atoms with Crippen LogP contribution in [0.3, 0.4) is 0 Å². The van der Waals surface area contributed by atoms with Gasteiger partial charge in [-0.1, -0.05) is 12.1 Å². The van der Waals surface area contributed by atoms with E-state index in [4.69, 9.17) is 5.11 Å². The van der Waals surface area contributed by atoms with Crippen molar-refractivity contribution in [2.45, 2.75) is 4.90 Å². The molecule has 0 fully saturated rings.